The third-order valence-corrected chi connectivity index (χ3v) is 2.03. The average Bonchev–Trinajstić information content (AvgIpc) is 2.50. The number of hydrogen-bond acceptors (Lipinski definition) is 4. The van der Waals surface area contributed by atoms with Gasteiger partial charge in [0.15, 0.2) is 0 Å². The summed E-state index contributed by atoms with van der Waals surface area (Å²) in [4.78, 5) is 1.90. The number of rotatable bonds is 3. The SMILES string of the molecule is CC(Cl)c1nnc(N(C)C(C)C)o1. The molecular weight excluding hydrogens is 190 g/mol. The number of anilines is 1. The predicted molar refractivity (Wildman–Crippen MR) is 52.1 cm³/mol. The standard InChI is InChI=1S/C8H14ClN3O/c1-5(2)12(4)8-11-10-7(13-8)6(3)9/h5-6H,1-4H3. The molecule has 0 radical (unpaired) electrons. The zero-order valence-electron chi connectivity index (χ0n) is 8.28. The van der Waals surface area contributed by atoms with Crippen LogP contribution in [0.5, 0.6) is 0 Å². The average molecular weight is 204 g/mol. The molecule has 0 saturated carbocycles. The number of aromatic nitrogens is 2. The van der Waals surface area contributed by atoms with E-state index in [4.69, 9.17) is 16.0 Å². The molecule has 1 heterocycles. The van der Waals surface area contributed by atoms with E-state index in [2.05, 4.69) is 10.2 Å². The van der Waals surface area contributed by atoms with Crippen LogP contribution in [0.25, 0.3) is 0 Å². The maximum Gasteiger partial charge on any atom is 0.318 e. The third kappa shape index (κ3) is 2.34. The molecule has 0 spiro atoms. The molecule has 4 nitrogen and oxygen atoms in total. The number of nitrogens with zero attached hydrogens (tertiary/aromatic N) is 3. The van der Waals surface area contributed by atoms with Crippen molar-refractivity contribution in [2.24, 2.45) is 0 Å². The van der Waals surface area contributed by atoms with E-state index in [1.807, 2.05) is 25.8 Å². The van der Waals surface area contributed by atoms with Crippen molar-refractivity contribution in [1.29, 1.82) is 0 Å². The lowest BCUT2D eigenvalue weighted by molar-refractivity contribution is 0.481. The van der Waals surface area contributed by atoms with Crippen molar-refractivity contribution in [3.05, 3.63) is 5.89 Å². The summed E-state index contributed by atoms with van der Waals surface area (Å²) in [5, 5.41) is 7.48. The summed E-state index contributed by atoms with van der Waals surface area (Å²) in [5.74, 6) is 0.462. The molecule has 1 aromatic heterocycles. The number of alkyl halides is 1. The Hall–Kier alpha value is -0.770. The Morgan fingerprint density at radius 3 is 2.31 bits per heavy atom. The van der Waals surface area contributed by atoms with Crippen LogP contribution < -0.4 is 4.90 Å². The highest BCUT2D eigenvalue weighted by atomic mass is 35.5. The first kappa shape index (κ1) is 10.3. The molecule has 13 heavy (non-hydrogen) atoms. The number of halogens is 1. The van der Waals surface area contributed by atoms with E-state index in [9.17, 15) is 0 Å². The van der Waals surface area contributed by atoms with Crippen LogP contribution in [-0.2, 0) is 0 Å². The highest BCUT2D eigenvalue weighted by Crippen LogP contribution is 2.21. The minimum atomic E-state index is -0.234. The van der Waals surface area contributed by atoms with Crippen molar-refractivity contribution in [3.63, 3.8) is 0 Å². The van der Waals surface area contributed by atoms with Gasteiger partial charge in [0.1, 0.15) is 5.38 Å². The van der Waals surface area contributed by atoms with Gasteiger partial charge in [-0.05, 0) is 20.8 Å². The molecule has 1 unspecified atom stereocenters. The molecule has 74 valence electrons. The van der Waals surface area contributed by atoms with Crippen LogP contribution in [0, 0.1) is 0 Å². The normalized spacial score (nSPS) is 13.4. The molecule has 0 N–H and O–H groups in total. The molecule has 0 aliphatic carbocycles. The highest BCUT2D eigenvalue weighted by Gasteiger charge is 2.15. The van der Waals surface area contributed by atoms with Crippen molar-refractivity contribution < 1.29 is 4.42 Å². The molecule has 1 aromatic rings. The summed E-state index contributed by atoms with van der Waals surface area (Å²) in [7, 11) is 1.90. The summed E-state index contributed by atoms with van der Waals surface area (Å²) in [6.07, 6.45) is 0. The molecule has 0 bridgehead atoms. The van der Waals surface area contributed by atoms with Crippen LogP contribution >= 0.6 is 11.6 Å². The Labute approximate surface area is 82.9 Å². The lowest BCUT2D eigenvalue weighted by atomic mass is 10.4. The van der Waals surface area contributed by atoms with E-state index in [0.29, 0.717) is 17.9 Å². The molecule has 1 atom stereocenters. The summed E-state index contributed by atoms with van der Waals surface area (Å²) in [6.45, 7) is 5.90. The fourth-order valence-electron chi connectivity index (χ4n) is 0.751. The fourth-order valence-corrected chi connectivity index (χ4v) is 0.839. The van der Waals surface area contributed by atoms with Crippen LogP contribution in [0.1, 0.15) is 32.0 Å². The Morgan fingerprint density at radius 1 is 1.31 bits per heavy atom. The largest absolute Gasteiger partial charge is 0.406 e. The second-order valence-corrected chi connectivity index (χ2v) is 3.90. The highest BCUT2D eigenvalue weighted by molar-refractivity contribution is 6.20. The van der Waals surface area contributed by atoms with Gasteiger partial charge in [-0.1, -0.05) is 5.10 Å². The molecule has 0 saturated heterocycles. The van der Waals surface area contributed by atoms with Crippen LogP contribution in [-0.4, -0.2) is 23.3 Å². The van der Waals surface area contributed by atoms with Gasteiger partial charge < -0.3 is 9.32 Å². The molecule has 0 amide bonds. The van der Waals surface area contributed by atoms with Gasteiger partial charge in [0, 0.05) is 13.1 Å². The Bertz CT molecular complexity index is 272. The van der Waals surface area contributed by atoms with Gasteiger partial charge in [-0.15, -0.1) is 16.7 Å². The van der Waals surface area contributed by atoms with Crippen molar-refractivity contribution in [3.8, 4) is 0 Å². The minimum Gasteiger partial charge on any atom is -0.406 e. The first-order chi connectivity index (χ1) is 6.02. The second kappa shape index (κ2) is 3.96. The minimum absolute atomic E-state index is 0.234. The predicted octanol–water partition coefficient (Wildman–Crippen LogP) is 2.21. The Kier molecular flexibility index (Phi) is 3.14. The molecule has 0 fully saturated rings. The van der Waals surface area contributed by atoms with E-state index in [-0.39, 0.29) is 5.38 Å². The first-order valence-electron chi connectivity index (χ1n) is 4.22. The lowest BCUT2D eigenvalue weighted by Crippen LogP contribution is -2.25. The summed E-state index contributed by atoms with van der Waals surface area (Å²) in [5.41, 5.74) is 0. The molecule has 0 aliphatic heterocycles. The van der Waals surface area contributed by atoms with E-state index < -0.39 is 0 Å². The third-order valence-electron chi connectivity index (χ3n) is 1.85. The fraction of sp³-hybridized carbons (Fsp3) is 0.750. The molecular formula is C8H14ClN3O. The van der Waals surface area contributed by atoms with Crippen LogP contribution in [0.15, 0.2) is 4.42 Å². The van der Waals surface area contributed by atoms with Crippen LogP contribution in [0.4, 0.5) is 6.01 Å². The lowest BCUT2D eigenvalue weighted by Gasteiger charge is -2.17. The van der Waals surface area contributed by atoms with Gasteiger partial charge in [0.05, 0.1) is 0 Å². The molecule has 0 aliphatic rings. The van der Waals surface area contributed by atoms with Gasteiger partial charge in [-0.2, -0.15) is 0 Å². The zero-order valence-corrected chi connectivity index (χ0v) is 9.04. The zero-order chi connectivity index (χ0) is 10.0. The summed E-state index contributed by atoms with van der Waals surface area (Å²) < 4.78 is 5.34. The maximum absolute atomic E-state index is 5.79. The molecule has 5 heteroatoms. The van der Waals surface area contributed by atoms with Gasteiger partial charge in [-0.25, -0.2) is 0 Å². The second-order valence-electron chi connectivity index (χ2n) is 3.24. The summed E-state index contributed by atoms with van der Waals surface area (Å²) in [6, 6.07) is 0.844. The van der Waals surface area contributed by atoms with E-state index in [0.717, 1.165) is 0 Å². The van der Waals surface area contributed by atoms with Crippen molar-refractivity contribution >= 4 is 17.6 Å². The van der Waals surface area contributed by atoms with Gasteiger partial charge in [-0.3, -0.25) is 0 Å². The van der Waals surface area contributed by atoms with E-state index >= 15 is 0 Å². The van der Waals surface area contributed by atoms with Crippen molar-refractivity contribution in [1.82, 2.24) is 10.2 Å². The monoisotopic (exact) mass is 203 g/mol. The first-order valence-corrected chi connectivity index (χ1v) is 4.66. The maximum atomic E-state index is 5.79. The molecule has 1 rings (SSSR count). The quantitative estimate of drug-likeness (QED) is 0.707. The summed E-state index contributed by atoms with van der Waals surface area (Å²) >= 11 is 5.79. The van der Waals surface area contributed by atoms with E-state index in [1.165, 1.54) is 0 Å². The Morgan fingerprint density at radius 2 is 1.92 bits per heavy atom. The van der Waals surface area contributed by atoms with Gasteiger partial charge in [0.25, 0.3) is 0 Å². The van der Waals surface area contributed by atoms with Gasteiger partial charge in [0.2, 0.25) is 5.89 Å². The van der Waals surface area contributed by atoms with Crippen molar-refractivity contribution in [2.75, 3.05) is 11.9 Å². The van der Waals surface area contributed by atoms with Gasteiger partial charge >= 0.3 is 6.01 Å². The Balaban J connectivity index is 2.79. The van der Waals surface area contributed by atoms with Crippen LogP contribution in [0.3, 0.4) is 0 Å². The van der Waals surface area contributed by atoms with E-state index in [1.54, 1.807) is 6.92 Å². The topological polar surface area (TPSA) is 42.2 Å². The van der Waals surface area contributed by atoms with Crippen molar-refractivity contribution in [2.45, 2.75) is 32.2 Å². The smallest absolute Gasteiger partial charge is 0.318 e. The van der Waals surface area contributed by atoms with Crippen LogP contribution in [0.2, 0.25) is 0 Å². The number of hydrogen-bond donors (Lipinski definition) is 0. The molecule has 0 aromatic carbocycles.